The predicted octanol–water partition coefficient (Wildman–Crippen LogP) is 0.427. The molecule has 1 radical (unpaired) electrons. The van der Waals surface area contributed by atoms with Gasteiger partial charge in [0.25, 0.3) is 0 Å². The standard InChI is InChI=1S/C2H6NS/c1-4-2-3/h1-3H2. The Morgan fingerprint density at radius 3 is 2.25 bits per heavy atom. The van der Waals surface area contributed by atoms with Gasteiger partial charge in [-0.05, 0) is 0 Å². The number of nitrogens with two attached hydrogens (primary N) is 1. The summed E-state index contributed by atoms with van der Waals surface area (Å²) in [5, 5.41) is 0. The van der Waals surface area contributed by atoms with Gasteiger partial charge in [-0.1, -0.05) is 0 Å². The minimum Gasteiger partial charge on any atom is -0.322 e. The number of thioether (sulfide) groups is 1. The quantitative estimate of drug-likeness (QED) is 0.458. The zero-order valence-electron chi connectivity index (χ0n) is 2.40. The first kappa shape index (κ1) is 4.31. The van der Waals surface area contributed by atoms with Crippen LogP contribution in [0.5, 0.6) is 0 Å². The Hall–Kier alpha value is 0.310. The molecule has 0 atom stereocenters. The van der Waals surface area contributed by atoms with Crippen LogP contribution in [-0.2, 0) is 0 Å². The first-order valence-corrected chi connectivity index (χ1v) is 2.14. The van der Waals surface area contributed by atoms with Crippen molar-refractivity contribution >= 4 is 11.8 Å². The summed E-state index contributed by atoms with van der Waals surface area (Å²) in [6.07, 6.45) is 3.40. The molecule has 4 heavy (non-hydrogen) atoms. The van der Waals surface area contributed by atoms with Crippen molar-refractivity contribution in [3.8, 4) is 0 Å². The fraction of sp³-hybridized carbons (Fsp3) is 0.500. The van der Waals surface area contributed by atoms with Gasteiger partial charge >= 0.3 is 0 Å². The Bertz CT molecular complexity index is 8.00. The number of rotatable bonds is 1. The van der Waals surface area contributed by atoms with Crippen molar-refractivity contribution in [3.05, 3.63) is 6.26 Å². The summed E-state index contributed by atoms with van der Waals surface area (Å²) in [6.45, 7) is 0. The SMILES string of the molecule is [CH2]SCN. The normalized spacial score (nSPS) is 7.50. The van der Waals surface area contributed by atoms with Gasteiger partial charge < -0.3 is 5.73 Å². The molecule has 1 nitrogen and oxygen atoms in total. The van der Waals surface area contributed by atoms with Crippen molar-refractivity contribution in [3.63, 3.8) is 0 Å². The minimum atomic E-state index is 0.625. The molecule has 0 rings (SSSR count). The van der Waals surface area contributed by atoms with Crippen LogP contribution in [0.2, 0.25) is 0 Å². The van der Waals surface area contributed by atoms with Gasteiger partial charge in [-0.2, -0.15) is 0 Å². The molecule has 0 saturated carbocycles. The number of hydrogen-bond acceptors (Lipinski definition) is 2. The average molecular weight is 76.1 g/mol. The van der Waals surface area contributed by atoms with Crippen molar-refractivity contribution in [2.24, 2.45) is 5.73 Å². The van der Waals surface area contributed by atoms with Crippen LogP contribution in [0.15, 0.2) is 0 Å². The molecule has 0 bridgehead atoms. The molecule has 0 amide bonds. The fourth-order valence-corrected chi connectivity index (χ4v) is 0. The molecule has 0 aromatic carbocycles. The van der Waals surface area contributed by atoms with Crippen LogP contribution in [0.3, 0.4) is 0 Å². The number of hydrogen-bond donors (Lipinski definition) is 1. The lowest BCUT2D eigenvalue weighted by Gasteiger charge is -1.71. The Labute approximate surface area is 30.6 Å². The highest BCUT2D eigenvalue weighted by molar-refractivity contribution is 8.00. The van der Waals surface area contributed by atoms with E-state index in [1.54, 1.807) is 0 Å². The van der Waals surface area contributed by atoms with Crippen molar-refractivity contribution in [2.75, 3.05) is 5.88 Å². The summed E-state index contributed by atoms with van der Waals surface area (Å²) < 4.78 is 0. The molecule has 0 unspecified atom stereocenters. The van der Waals surface area contributed by atoms with Crippen LogP contribution in [0.1, 0.15) is 0 Å². The smallest absolute Gasteiger partial charge is 0.0392 e. The largest absolute Gasteiger partial charge is 0.322 e. The third kappa shape index (κ3) is 2.31. The lowest BCUT2D eigenvalue weighted by Crippen LogP contribution is -1.87. The van der Waals surface area contributed by atoms with Crippen molar-refractivity contribution in [2.45, 2.75) is 0 Å². The van der Waals surface area contributed by atoms with E-state index in [0.29, 0.717) is 5.88 Å². The van der Waals surface area contributed by atoms with E-state index in [-0.39, 0.29) is 0 Å². The second-order valence-electron chi connectivity index (χ2n) is 0.371. The summed E-state index contributed by atoms with van der Waals surface area (Å²) in [4.78, 5) is 0. The molecule has 0 fully saturated rings. The maximum atomic E-state index is 4.93. The maximum Gasteiger partial charge on any atom is 0.0392 e. The van der Waals surface area contributed by atoms with Crippen LogP contribution >= 0.6 is 11.8 Å². The molecule has 0 aliphatic rings. The van der Waals surface area contributed by atoms with Crippen molar-refractivity contribution < 1.29 is 0 Å². The van der Waals surface area contributed by atoms with Gasteiger partial charge in [-0.15, -0.1) is 11.8 Å². The van der Waals surface area contributed by atoms with E-state index < -0.39 is 0 Å². The van der Waals surface area contributed by atoms with E-state index in [1.807, 2.05) is 0 Å². The monoisotopic (exact) mass is 76.0 g/mol. The molecule has 0 saturated heterocycles. The fourth-order valence-electron chi connectivity index (χ4n) is 0. The lowest BCUT2D eigenvalue weighted by atomic mass is 11.5. The molecule has 0 heterocycles. The van der Waals surface area contributed by atoms with E-state index in [9.17, 15) is 0 Å². The summed E-state index contributed by atoms with van der Waals surface area (Å²) in [5.41, 5.74) is 4.93. The molecule has 0 spiro atoms. The van der Waals surface area contributed by atoms with Gasteiger partial charge in [0, 0.05) is 12.1 Å². The van der Waals surface area contributed by atoms with Crippen molar-refractivity contribution in [1.82, 2.24) is 0 Å². The van der Waals surface area contributed by atoms with Gasteiger partial charge in [0.05, 0.1) is 0 Å². The van der Waals surface area contributed by atoms with Gasteiger partial charge in [0.15, 0.2) is 0 Å². The molecule has 2 heteroatoms. The van der Waals surface area contributed by atoms with E-state index in [0.717, 1.165) is 0 Å². The zero-order valence-corrected chi connectivity index (χ0v) is 3.22. The summed E-state index contributed by atoms with van der Waals surface area (Å²) in [7, 11) is 0. The second-order valence-corrected chi connectivity index (χ2v) is 1.11. The Morgan fingerprint density at radius 2 is 2.25 bits per heavy atom. The summed E-state index contributed by atoms with van der Waals surface area (Å²) in [5.74, 6) is 0.625. The van der Waals surface area contributed by atoms with Gasteiger partial charge in [-0.25, -0.2) is 0 Å². The highest BCUT2D eigenvalue weighted by Gasteiger charge is 1.54. The molecular formula is C2H6NS. The van der Waals surface area contributed by atoms with Gasteiger partial charge in [-0.3, -0.25) is 0 Å². The van der Waals surface area contributed by atoms with Crippen LogP contribution < -0.4 is 5.73 Å². The predicted molar refractivity (Wildman–Crippen MR) is 22.0 cm³/mol. The topological polar surface area (TPSA) is 26.0 Å². The van der Waals surface area contributed by atoms with E-state index in [4.69, 9.17) is 5.73 Å². The lowest BCUT2D eigenvalue weighted by molar-refractivity contribution is 1.41. The average Bonchev–Trinajstić information content (AvgIpc) is 1.37. The second kappa shape index (κ2) is 3.31. The van der Waals surface area contributed by atoms with E-state index >= 15 is 0 Å². The third-order valence-corrected chi connectivity index (χ3v) is 0.354. The first-order valence-electron chi connectivity index (χ1n) is 0.986. The summed E-state index contributed by atoms with van der Waals surface area (Å²) >= 11 is 1.38. The highest BCUT2D eigenvalue weighted by atomic mass is 32.2. The van der Waals surface area contributed by atoms with E-state index in [1.165, 1.54) is 11.8 Å². The molecule has 0 aromatic rings. The molecule has 25 valence electrons. The molecule has 0 aliphatic heterocycles. The third-order valence-electron chi connectivity index (χ3n) is 0.118. The van der Waals surface area contributed by atoms with Gasteiger partial charge in [0.2, 0.25) is 0 Å². The molecule has 2 N–H and O–H groups in total. The highest BCUT2D eigenvalue weighted by Crippen LogP contribution is 1.82. The van der Waals surface area contributed by atoms with Crippen LogP contribution in [0, 0.1) is 6.26 Å². The van der Waals surface area contributed by atoms with Crippen LogP contribution in [0.4, 0.5) is 0 Å². The maximum absolute atomic E-state index is 4.93. The van der Waals surface area contributed by atoms with Gasteiger partial charge in [0.1, 0.15) is 0 Å². The van der Waals surface area contributed by atoms with Crippen LogP contribution in [0.25, 0.3) is 0 Å². The molecular weight excluding hydrogens is 70.1 g/mol. The Kier molecular flexibility index (Phi) is 3.57. The Morgan fingerprint density at radius 1 is 2.00 bits per heavy atom. The molecule has 0 aliphatic carbocycles. The molecule has 0 aromatic heterocycles. The van der Waals surface area contributed by atoms with Crippen molar-refractivity contribution in [1.29, 1.82) is 0 Å². The van der Waals surface area contributed by atoms with Crippen LogP contribution in [-0.4, -0.2) is 5.88 Å². The van der Waals surface area contributed by atoms with E-state index in [2.05, 4.69) is 6.26 Å². The Balaban J connectivity index is 1.97. The first-order chi connectivity index (χ1) is 1.91. The summed E-state index contributed by atoms with van der Waals surface area (Å²) in [6, 6.07) is 0. The zero-order chi connectivity index (χ0) is 3.41. The minimum absolute atomic E-state index is 0.625.